The first-order valence-corrected chi connectivity index (χ1v) is 27.4. The van der Waals surface area contributed by atoms with Gasteiger partial charge >= 0.3 is 17.9 Å². The minimum Gasteiger partial charge on any atom is -0.477 e. The van der Waals surface area contributed by atoms with E-state index in [2.05, 4.69) is 26.0 Å². The van der Waals surface area contributed by atoms with Crippen LogP contribution in [0.1, 0.15) is 264 Å². The SMILES string of the molecule is CCCCCCCCC/C=C\CCCCCCCC(=O)OC(COC(=O)CCCCCCCCCCCCCCCCCCCCCCCCC)COC(OCC[N+](C)(C)C)C(=O)O. The van der Waals surface area contributed by atoms with E-state index in [1.807, 2.05) is 21.1 Å². The van der Waals surface area contributed by atoms with Crippen molar-refractivity contribution in [3.05, 3.63) is 12.2 Å². The van der Waals surface area contributed by atoms with E-state index >= 15 is 0 Å². The maximum absolute atomic E-state index is 12.8. The number of carbonyl (C=O) groups is 3. The highest BCUT2D eigenvalue weighted by Gasteiger charge is 2.25. The van der Waals surface area contributed by atoms with Crippen molar-refractivity contribution in [1.29, 1.82) is 0 Å². The van der Waals surface area contributed by atoms with Crippen LogP contribution in [0.4, 0.5) is 0 Å². The molecular formula is C55H106NO8+. The van der Waals surface area contributed by atoms with Gasteiger partial charge < -0.3 is 28.5 Å². The van der Waals surface area contributed by atoms with Gasteiger partial charge in [0.25, 0.3) is 6.29 Å². The molecule has 378 valence electrons. The molecule has 0 aromatic rings. The third-order valence-electron chi connectivity index (χ3n) is 12.3. The molecule has 0 spiro atoms. The molecule has 0 aliphatic carbocycles. The van der Waals surface area contributed by atoms with Crippen LogP contribution in [-0.2, 0) is 33.3 Å². The molecule has 2 atom stereocenters. The first-order chi connectivity index (χ1) is 31.1. The van der Waals surface area contributed by atoms with Crippen LogP contribution in [0.25, 0.3) is 0 Å². The third-order valence-corrected chi connectivity index (χ3v) is 12.3. The van der Waals surface area contributed by atoms with Crippen LogP contribution in [-0.4, -0.2) is 87.4 Å². The lowest BCUT2D eigenvalue weighted by Crippen LogP contribution is -2.40. The molecular weight excluding hydrogens is 803 g/mol. The number of carboxylic acid groups (broad SMARTS) is 1. The molecule has 0 saturated heterocycles. The second kappa shape index (κ2) is 47.5. The van der Waals surface area contributed by atoms with E-state index in [-0.39, 0.29) is 32.2 Å². The number of unbranched alkanes of at least 4 members (excludes halogenated alkanes) is 34. The first-order valence-electron chi connectivity index (χ1n) is 27.4. The molecule has 0 radical (unpaired) electrons. The van der Waals surface area contributed by atoms with Gasteiger partial charge in [-0.2, -0.15) is 0 Å². The summed E-state index contributed by atoms with van der Waals surface area (Å²) in [7, 11) is 5.97. The van der Waals surface area contributed by atoms with Crippen LogP contribution < -0.4 is 0 Å². The van der Waals surface area contributed by atoms with Crippen molar-refractivity contribution in [3.63, 3.8) is 0 Å². The summed E-state index contributed by atoms with van der Waals surface area (Å²) < 4.78 is 22.8. The summed E-state index contributed by atoms with van der Waals surface area (Å²) in [5.74, 6) is -2.00. The second-order valence-electron chi connectivity index (χ2n) is 19.9. The van der Waals surface area contributed by atoms with Crippen LogP contribution in [0.15, 0.2) is 12.2 Å². The number of carbonyl (C=O) groups excluding carboxylic acids is 2. The van der Waals surface area contributed by atoms with E-state index in [9.17, 15) is 19.5 Å². The summed E-state index contributed by atoms with van der Waals surface area (Å²) >= 11 is 0. The van der Waals surface area contributed by atoms with Gasteiger partial charge in [-0.05, 0) is 38.5 Å². The fraction of sp³-hybridized carbons (Fsp3) is 0.909. The number of allylic oxidation sites excluding steroid dienone is 2. The zero-order valence-electron chi connectivity index (χ0n) is 43.0. The van der Waals surface area contributed by atoms with Crippen molar-refractivity contribution in [2.24, 2.45) is 0 Å². The maximum Gasteiger partial charge on any atom is 0.361 e. The number of carboxylic acids is 1. The quantitative estimate of drug-likeness (QED) is 0.0211. The Morgan fingerprint density at radius 1 is 0.453 bits per heavy atom. The Morgan fingerprint density at radius 3 is 1.16 bits per heavy atom. The van der Waals surface area contributed by atoms with E-state index in [0.717, 1.165) is 51.4 Å². The largest absolute Gasteiger partial charge is 0.477 e. The monoisotopic (exact) mass is 909 g/mol. The fourth-order valence-electron chi connectivity index (χ4n) is 8.01. The van der Waals surface area contributed by atoms with Gasteiger partial charge in [-0.1, -0.05) is 225 Å². The van der Waals surface area contributed by atoms with Gasteiger partial charge in [-0.25, -0.2) is 4.79 Å². The summed E-state index contributed by atoms with van der Waals surface area (Å²) in [4.78, 5) is 37.3. The lowest BCUT2D eigenvalue weighted by Gasteiger charge is -2.25. The Bertz CT molecular complexity index is 1060. The van der Waals surface area contributed by atoms with E-state index in [1.54, 1.807) is 0 Å². The van der Waals surface area contributed by atoms with E-state index in [4.69, 9.17) is 18.9 Å². The zero-order chi connectivity index (χ0) is 47.0. The Labute approximate surface area is 395 Å². The smallest absolute Gasteiger partial charge is 0.361 e. The summed E-state index contributed by atoms with van der Waals surface area (Å²) in [6, 6.07) is 0. The zero-order valence-corrected chi connectivity index (χ0v) is 43.0. The summed E-state index contributed by atoms with van der Waals surface area (Å²) in [5.41, 5.74) is 0. The van der Waals surface area contributed by atoms with Crippen molar-refractivity contribution in [2.75, 3.05) is 47.5 Å². The summed E-state index contributed by atoms with van der Waals surface area (Å²) in [5, 5.41) is 9.67. The Kier molecular flexibility index (Phi) is 46.1. The van der Waals surface area contributed by atoms with Gasteiger partial charge in [0, 0.05) is 12.8 Å². The standard InChI is InChI=1S/C55H105NO8/c1-6-8-10-12-14-16-18-20-22-24-25-26-27-28-29-30-32-33-35-37-39-41-43-45-52(57)62-49-51(50-63-55(54(59)60)61-48-47-56(3,4)5)64-53(58)46-44-42-40-38-36-34-31-23-21-19-17-15-13-11-9-7-2/h23,31,51,55H,6-22,24-30,32-50H2,1-5H3/p+1/b31-23-. The molecule has 1 N–H and O–H groups in total. The van der Waals surface area contributed by atoms with Crippen LogP contribution in [0, 0.1) is 0 Å². The molecule has 0 aromatic heterocycles. The lowest BCUT2D eigenvalue weighted by molar-refractivity contribution is -0.870. The van der Waals surface area contributed by atoms with Gasteiger partial charge in [-0.15, -0.1) is 0 Å². The number of quaternary nitrogens is 1. The third kappa shape index (κ3) is 48.0. The highest BCUT2D eigenvalue weighted by molar-refractivity contribution is 5.71. The number of aliphatic carboxylic acids is 1. The van der Waals surface area contributed by atoms with Gasteiger partial charge in [0.2, 0.25) is 0 Å². The molecule has 2 unspecified atom stereocenters. The Morgan fingerprint density at radius 2 is 0.797 bits per heavy atom. The summed E-state index contributed by atoms with van der Waals surface area (Å²) in [6.45, 7) is 4.91. The minimum absolute atomic E-state index is 0.179. The average Bonchev–Trinajstić information content (AvgIpc) is 3.26. The second-order valence-corrected chi connectivity index (χ2v) is 19.9. The van der Waals surface area contributed by atoms with Gasteiger partial charge in [0.05, 0.1) is 34.4 Å². The minimum atomic E-state index is -1.51. The van der Waals surface area contributed by atoms with Crippen LogP contribution in [0.3, 0.4) is 0 Å². The van der Waals surface area contributed by atoms with Crippen LogP contribution in [0.2, 0.25) is 0 Å². The molecule has 9 heteroatoms. The van der Waals surface area contributed by atoms with Crippen molar-refractivity contribution >= 4 is 17.9 Å². The molecule has 9 nitrogen and oxygen atoms in total. The van der Waals surface area contributed by atoms with E-state index in [1.165, 1.54) is 180 Å². The highest BCUT2D eigenvalue weighted by Crippen LogP contribution is 2.17. The summed E-state index contributed by atoms with van der Waals surface area (Å²) in [6.07, 6.45) is 50.0. The molecule has 0 bridgehead atoms. The number of likely N-dealkylation sites (N-methyl/N-ethyl adjacent to an activating group) is 1. The fourth-order valence-corrected chi connectivity index (χ4v) is 8.01. The molecule has 0 aliphatic heterocycles. The van der Waals surface area contributed by atoms with E-state index in [0.29, 0.717) is 23.9 Å². The molecule has 0 heterocycles. The van der Waals surface area contributed by atoms with Crippen LogP contribution in [0.5, 0.6) is 0 Å². The average molecular weight is 909 g/mol. The molecule has 0 fully saturated rings. The first kappa shape index (κ1) is 62.0. The molecule has 0 amide bonds. The molecule has 64 heavy (non-hydrogen) atoms. The highest BCUT2D eigenvalue weighted by atomic mass is 16.7. The maximum atomic E-state index is 12.8. The molecule has 0 aliphatic rings. The number of nitrogens with zero attached hydrogens (tertiary/aromatic N) is 1. The number of rotatable bonds is 51. The predicted molar refractivity (Wildman–Crippen MR) is 268 cm³/mol. The molecule has 0 rings (SSSR count). The van der Waals surface area contributed by atoms with Crippen molar-refractivity contribution in [2.45, 2.75) is 277 Å². The Hall–Kier alpha value is -1.97. The van der Waals surface area contributed by atoms with Crippen molar-refractivity contribution in [1.82, 2.24) is 0 Å². The number of hydrogen-bond acceptors (Lipinski definition) is 7. The predicted octanol–water partition coefficient (Wildman–Crippen LogP) is 15.4. The topological polar surface area (TPSA) is 108 Å². The molecule has 0 aromatic carbocycles. The van der Waals surface area contributed by atoms with Gasteiger partial charge in [0.15, 0.2) is 6.10 Å². The molecule has 0 saturated carbocycles. The normalized spacial score (nSPS) is 12.8. The number of hydrogen-bond donors (Lipinski definition) is 1. The number of esters is 2. The van der Waals surface area contributed by atoms with E-state index < -0.39 is 24.3 Å². The van der Waals surface area contributed by atoms with Crippen molar-refractivity contribution in [3.8, 4) is 0 Å². The Balaban J connectivity index is 4.23. The van der Waals surface area contributed by atoms with Gasteiger partial charge in [-0.3, -0.25) is 9.59 Å². The van der Waals surface area contributed by atoms with Crippen molar-refractivity contribution < 1.29 is 42.9 Å². The van der Waals surface area contributed by atoms with Crippen LogP contribution >= 0.6 is 0 Å². The number of ether oxygens (including phenoxy) is 4. The van der Waals surface area contributed by atoms with Gasteiger partial charge in [0.1, 0.15) is 13.2 Å². The lowest BCUT2D eigenvalue weighted by atomic mass is 10.0.